The van der Waals surface area contributed by atoms with Crippen molar-refractivity contribution in [1.29, 1.82) is 0 Å². The third-order valence-electron chi connectivity index (χ3n) is 13.0. The molecule has 58 heavy (non-hydrogen) atoms. The van der Waals surface area contributed by atoms with Gasteiger partial charge in [0.1, 0.15) is 48.0 Å². The molecule has 4 saturated heterocycles. The van der Waals surface area contributed by atoms with Gasteiger partial charge in [-0.05, 0) is 68.2 Å². The van der Waals surface area contributed by atoms with Crippen molar-refractivity contribution in [2.75, 3.05) is 31.1 Å². The van der Waals surface area contributed by atoms with Gasteiger partial charge in [-0.3, -0.25) is 4.90 Å². The molecule has 3 aromatic heterocycles. The van der Waals surface area contributed by atoms with Gasteiger partial charge in [0.05, 0.1) is 22.2 Å². The molecule has 1 N–H and O–H groups in total. The lowest BCUT2D eigenvalue weighted by Gasteiger charge is -2.43. The Morgan fingerprint density at radius 1 is 1.09 bits per heavy atom. The van der Waals surface area contributed by atoms with E-state index in [0.717, 1.165) is 32.2 Å². The van der Waals surface area contributed by atoms with Gasteiger partial charge in [-0.25, -0.2) is 22.9 Å². The molecule has 0 radical (unpaired) electrons. The van der Waals surface area contributed by atoms with Crippen molar-refractivity contribution in [1.82, 2.24) is 25.2 Å². The molecular formula is C44H45F3N6O5. The number of pyridine rings is 1. The molecule has 2 bridgehead atoms. The van der Waals surface area contributed by atoms with Crippen LogP contribution in [0.15, 0.2) is 37.9 Å². The Morgan fingerprint density at radius 2 is 1.93 bits per heavy atom. The molecule has 2 aromatic carbocycles. The van der Waals surface area contributed by atoms with Gasteiger partial charge in [-0.15, -0.1) is 6.42 Å². The van der Waals surface area contributed by atoms with Gasteiger partial charge < -0.3 is 28.5 Å². The smallest absolute Gasteiger partial charge is 0.485 e. The highest BCUT2D eigenvalue weighted by atomic mass is 19.1. The summed E-state index contributed by atoms with van der Waals surface area (Å²) in [6.07, 6.45) is 9.65. The summed E-state index contributed by atoms with van der Waals surface area (Å²) in [5.41, 5.74) is -0.304. The molecule has 0 saturated carbocycles. The first-order valence-electron chi connectivity index (χ1n) is 20.2. The van der Waals surface area contributed by atoms with Gasteiger partial charge in [-0.1, -0.05) is 39.7 Å². The molecule has 5 aromatic rings. The first-order chi connectivity index (χ1) is 27.8. The van der Waals surface area contributed by atoms with Crippen LogP contribution in [0.2, 0.25) is 0 Å². The van der Waals surface area contributed by atoms with Gasteiger partial charge in [0.2, 0.25) is 0 Å². The highest BCUT2D eigenvalue weighted by Gasteiger charge is 2.50. The molecule has 302 valence electrons. The molecule has 8 heterocycles. The van der Waals surface area contributed by atoms with Crippen LogP contribution < -0.4 is 25.5 Å². The zero-order chi connectivity index (χ0) is 40.2. The van der Waals surface area contributed by atoms with Crippen molar-refractivity contribution in [3.63, 3.8) is 0 Å². The fourth-order valence-corrected chi connectivity index (χ4v) is 10.6. The van der Waals surface area contributed by atoms with Gasteiger partial charge in [-0.2, -0.15) is 9.97 Å². The van der Waals surface area contributed by atoms with Gasteiger partial charge in [0.15, 0.2) is 17.3 Å². The zero-order valence-corrected chi connectivity index (χ0v) is 33.0. The molecular weight excluding hydrogens is 750 g/mol. The lowest BCUT2D eigenvalue weighted by molar-refractivity contribution is 0.107. The van der Waals surface area contributed by atoms with Crippen LogP contribution >= 0.6 is 0 Å². The fourth-order valence-electron chi connectivity index (χ4n) is 10.6. The molecule has 14 heteroatoms. The number of alkyl halides is 1. The first kappa shape index (κ1) is 37.2. The Hall–Kier alpha value is -5.13. The van der Waals surface area contributed by atoms with Crippen LogP contribution in [0.25, 0.3) is 32.9 Å². The van der Waals surface area contributed by atoms with Gasteiger partial charge >= 0.3 is 11.8 Å². The predicted octanol–water partition coefficient (Wildman–Crippen LogP) is 6.98. The van der Waals surface area contributed by atoms with Crippen molar-refractivity contribution < 1.29 is 31.5 Å². The van der Waals surface area contributed by atoms with Crippen LogP contribution in [-0.2, 0) is 18.4 Å². The molecule has 5 aliphatic rings. The molecule has 0 unspecified atom stereocenters. The molecule has 0 amide bonds. The Morgan fingerprint density at radius 3 is 2.74 bits per heavy atom. The summed E-state index contributed by atoms with van der Waals surface area (Å²) >= 11 is 0. The van der Waals surface area contributed by atoms with Crippen molar-refractivity contribution >= 4 is 27.5 Å². The predicted molar refractivity (Wildman–Crippen MR) is 211 cm³/mol. The van der Waals surface area contributed by atoms with Crippen LogP contribution in [0.3, 0.4) is 0 Å². The fraction of sp³-hybridized carbons (Fsp3) is 0.500. The number of halogens is 3. The maximum Gasteiger partial charge on any atom is 0.519 e. The van der Waals surface area contributed by atoms with Crippen molar-refractivity contribution in [2.24, 2.45) is 5.92 Å². The van der Waals surface area contributed by atoms with E-state index in [-0.39, 0.29) is 82.5 Å². The topological polar surface area (TPSA) is 119 Å². The van der Waals surface area contributed by atoms with E-state index in [0.29, 0.717) is 54.0 Å². The second-order valence-corrected chi connectivity index (χ2v) is 17.9. The summed E-state index contributed by atoms with van der Waals surface area (Å²) < 4.78 is 71.4. The minimum atomic E-state index is -0.940. The van der Waals surface area contributed by atoms with E-state index in [1.165, 1.54) is 6.07 Å². The van der Waals surface area contributed by atoms with E-state index in [1.807, 2.05) is 20.8 Å². The maximum absolute atomic E-state index is 17.8. The average Bonchev–Trinajstić information content (AvgIpc) is 3.93. The number of benzene rings is 2. The molecule has 6 atom stereocenters. The lowest BCUT2D eigenvalue weighted by atomic mass is 9.89. The van der Waals surface area contributed by atoms with E-state index in [1.54, 1.807) is 18.2 Å². The number of aromatic nitrogens is 3. The summed E-state index contributed by atoms with van der Waals surface area (Å²) in [5.74, 6) is 1.73. The second-order valence-electron chi connectivity index (χ2n) is 17.9. The molecule has 0 spiro atoms. The highest BCUT2D eigenvalue weighted by Crippen LogP contribution is 2.46. The van der Waals surface area contributed by atoms with E-state index in [4.69, 9.17) is 39.7 Å². The molecule has 10 rings (SSSR count). The summed E-state index contributed by atoms with van der Waals surface area (Å²) in [6.45, 7) is 9.69. The molecule has 11 nitrogen and oxygen atoms in total. The Balaban J connectivity index is 1.15. The summed E-state index contributed by atoms with van der Waals surface area (Å²) in [5, 5.41) is 5.08. The van der Waals surface area contributed by atoms with Crippen molar-refractivity contribution in [3.8, 4) is 35.4 Å². The number of anilines is 1. The highest BCUT2D eigenvalue weighted by molar-refractivity contribution is 6.03. The normalized spacial score (nSPS) is 26.5. The number of piperazine rings is 1. The number of nitrogens with zero attached hydrogens (tertiary/aromatic N) is 5. The van der Waals surface area contributed by atoms with E-state index >= 15 is 8.78 Å². The maximum atomic E-state index is 17.8. The van der Waals surface area contributed by atoms with Crippen LogP contribution in [0.1, 0.15) is 82.6 Å². The Labute approximate surface area is 333 Å². The van der Waals surface area contributed by atoms with Crippen molar-refractivity contribution in [2.45, 2.75) is 108 Å². The quantitative estimate of drug-likeness (QED) is 0.172. The largest absolute Gasteiger partial charge is 0.519 e. The SMILES string of the molecule is C#Cc1c(F)ccc2cc(OCc3oc(=O)oc3C(C)(C)C)cc(-c3nc4c5c(nc(OC[C@@]67CCCN6C[C@H](F)C7)nc5c3F)N3C[C@H]5CC[C@H](N5)[C@@H]3[C@@H](C)C4)c12. The molecule has 4 fully saturated rings. The molecule has 5 aliphatic heterocycles. The van der Waals surface area contributed by atoms with Crippen LogP contribution in [0.5, 0.6) is 11.8 Å². The van der Waals surface area contributed by atoms with Gasteiger partial charge in [0, 0.05) is 54.0 Å². The number of terminal acetylenes is 1. The minimum Gasteiger partial charge on any atom is -0.485 e. The minimum absolute atomic E-state index is 0.0146. The third-order valence-corrected chi connectivity index (χ3v) is 13.0. The summed E-state index contributed by atoms with van der Waals surface area (Å²) in [6, 6.07) is 6.61. The van der Waals surface area contributed by atoms with Crippen LogP contribution in [0.4, 0.5) is 19.0 Å². The van der Waals surface area contributed by atoms with E-state index in [2.05, 4.69) is 28.0 Å². The average molecular weight is 795 g/mol. The first-order valence-corrected chi connectivity index (χ1v) is 20.2. The van der Waals surface area contributed by atoms with E-state index < -0.39 is 34.6 Å². The Kier molecular flexibility index (Phi) is 8.62. The van der Waals surface area contributed by atoms with Gasteiger partial charge in [0.25, 0.3) is 0 Å². The van der Waals surface area contributed by atoms with Crippen molar-refractivity contribution in [3.05, 3.63) is 69.3 Å². The van der Waals surface area contributed by atoms with Crippen LogP contribution in [-0.4, -0.2) is 75.9 Å². The standard InChI is InChI=1S/C44H45F3N6O5/c1-6-27-29(46)10-8-23-15-26(55-20-32-39(43(3,4)5)58-42(54)57-32)16-28(33(23)27)36-35(47)37-34-31(49-36)14-22(2)38-30-11-9-25(48-30)19-53(38)40(34)51-41(50-37)56-21-44-12-7-13-52(44)18-24(45)17-44/h1,8,10,15-16,22,24-25,30,38,48H,7,9,11-14,17-21H2,2-5H3/t22-,24+,25+,30-,38-,44-/m0/s1. The van der Waals surface area contributed by atoms with E-state index in [9.17, 15) is 9.18 Å². The number of nitrogens with one attached hydrogen (secondary N) is 1. The van der Waals surface area contributed by atoms with Crippen LogP contribution in [0, 0.1) is 29.9 Å². The third kappa shape index (κ3) is 5.95. The number of hydrogen-bond donors (Lipinski definition) is 1. The monoisotopic (exact) mass is 794 g/mol. The number of rotatable bonds is 7. The summed E-state index contributed by atoms with van der Waals surface area (Å²) in [4.78, 5) is 31.5. The number of hydrogen-bond acceptors (Lipinski definition) is 11. The molecule has 0 aliphatic carbocycles. The zero-order valence-electron chi connectivity index (χ0n) is 33.0. The summed E-state index contributed by atoms with van der Waals surface area (Å²) in [7, 11) is 0. The Bertz CT molecular complexity index is 2600. The lowest BCUT2D eigenvalue weighted by Crippen LogP contribution is -2.60. The number of ether oxygens (including phenoxy) is 2. The second kappa shape index (κ2) is 13.5. The number of fused-ring (bicyclic) bond motifs is 7.